The fourth-order valence-electron chi connectivity index (χ4n) is 3.51. The summed E-state index contributed by atoms with van der Waals surface area (Å²) in [6.45, 7) is 5.68. The van der Waals surface area contributed by atoms with E-state index in [1.807, 2.05) is 23.8 Å². The number of carbonyl (C=O) groups is 2. The van der Waals surface area contributed by atoms with Crippen molar-refractivity contribution < 1.29 is 9.59 Å². The summed E-state index contributed by atoms with van der Waals surface area (Å²) in [6, 6.07) is 0.421. The second-order valence-electron chi connectivity index (χ2n) is 7.03. The lowest BCUT2D eigenvalue weighted by molar-refractivity contribution is -0.137. The summed E-state index contributed by atoms with van der Waals surface area (Å²) >= 11 is 0. The fourth-order valence-corrected chi connectivity index (χ4v) is 3.51. The summed E-state index contributed by atoms with van der Waals surface area (Å²) in [5.41, 5.74) is 5.57. The lowest BCUT2D eigenvalue weighted by Crippen LogP contribution is -2.53. The molecule has 6 heteroatoms. The molecule has 1 heterocycles. The van der Waals surface area contributed by atoms with Gasteiger partial charge in [0.2, 0.25) is 11.8 Å². The van der Waals surface area contributed by atoms with Crippen LogP contribution in [0, 0.1) is 5.92 Å². The highest BCUT2D eigenvalue weighted by Gasteiger charge is 2.27. The van der Waals surface area contributed by atoms with Gasteiger partial charge in [0.15, 0.2) is 0 Å². The number of likely N-dealkylation sites (N-methyl/N-ethyl adjacent to an activating group) is 1. The van der Waals surface area contributed by atoms with Crippen LogP contribution in [-0.4, -0.2) is 78.9 Å². The fraction of sp³-hybridized carbons (Fsp3) is 0.882. The molecule has 132 valence electrons. The van der Waals surface area contributed by atoms with Crippen molar-refractivity contribution in [2.45, 2.75) is 45.1 Å². The highest BCUT2D eigenvalue weighted by atomic mass is 16.2. The number of piperazine rings is 1. The van der Waals surface area contributed by atoms with Crippen molar-refractivity contribution in [3.63, 3.8) is 0 Å². The molecule has 0 spiro atoms. The van der Waals surface area contributed by atoms with E-state index in [9.17, 15) is 9.59 Å². The van der Waals surface area contributed by atoms with Crippen LogP contribution in [0.2, 0.25) is 0 Å². The second-order valence-corrected chi connectivity index (χ2v) is 7.03. The van der Waals surface area contributed by atoms with Crippen LogP contribution in [0.5, 0.6) is 0 Å². The molecule has 1 saturated carbocycles. The third-order valence-corrected chi connectivity index (χ3v) is 5.33. The molecule has 0 radical (unpaired) electrons. The molecule has 0 aromatic carbocycles. The standard InChI is InChI=1S/C17H32N4O2/c1-14(12-18)17(23)21-10-8-20(9-11-21)13-16(22)19(2)15-6-4-3-5-7-15/h14-15H,3-13,18H2,1-2H3. The summed E-state index contributed by atoms with van der Waals surface area (Å²) in [4.78, 5) is 30.6. The molecule has 0 aromatic rings. The highest BCUT2D eigenvalue weighted by Crippen LogP contribution is 2.21. The van der Waals surface area contributed by atoms with Gasteiger partial charge in [-0.2, -0.15) is 0 Å². The van der Waals surface area contributed by atoms with Gasteiger partial charge in [0.1, 0.15) is 0 Å². The Kier molecular flexibility index (Phi) is 6.84. The van der Waals surface area contributed by atoms with E-state index in [4.69, 9.17) is 5.73 Å². The molecule has 2 N–H and O–H groups in total. The smallest absolute Gasteiger partial charge is 0.236 e. The maximum Gasteiger partial charge on any atom is 0.236 e. The number of amides is 2. The molecular weight excluding hydrogens is 292 g/mol. The highest BCUT2D eigenvalue weighted by molar-refractivity contribution is 5.79. The SMILES string of the molecule is CC(CN)C(=O)N1CCN(CC(=O)N(C)C2CCCCC2)CC1. The van der Waals surface area contributed by atoms with Gasteiger partial charge in [0.25, 0.3) is 0 Å². The lowest BCUT2D eigenvalue weighted by atomic mass is 9.94. The average molecular weight is 324 g/mol. The Hall–Kier alpha value is -1.14. The zero-order chi connectivity index (χ0) is 16.8. The Balaban J connectivity index is 1.75. The van der Waals surface area contributed by atoms with Crippen LogP contribution in [-0.2, 0) is 9.59 Å². The summed E-state index contributed by atoms with van der Waals surface area (Å²) in [5, 5.41) is 0. The van der Waals surface area contributed by atoms with Crippen molar-refractivity contribution in [3.8, 4) is 0 Å². The van der Waals surface area contributed by atoms with Crippen molar-refractivity contribution in [1.29, 1.82) is 0 Å². The Morgan fingerprint density at radius 1 is 1.13 bits per heavy atom. The summed E-state index contributed by atoms with van der Waals surface area (Å²) in [7, 11) is 1.95. The largest absolute Gasteiger partial charge is 0.342 e. The number of carbonyl (C=O) groups excluding carboxylic acids is 2. The van der Waals surface area contributed by atoms with Gasteiger partial charge >= 0.3 is 0 Å². The molecule has 6 nitrogen and oxygen atoms in total. The van der Waals surface area contributed by atoms with Crippen molar-refractivity contribution >= 4 is 11.8 Å². The van der Waals surface area contributed by atoms with Gasteiger partial charge in [-0.15, -0.1) is 0 Å². The van der Waals surface area contributed by atoms with Gasteiger partial charge in [0, 0.05) is 51.7 Å². The molecule has 0 aromatic heterocycles. The number of rotatable bonds is 5. The maximum absolute atomic E-state index is 12.5. The van der Waals surface area contributed by atoms with E-state index in [1.54, 1.807) is 0 Å². The van der Waals surface area contributed by atoms with Gasteiger partial charge < -0.3 is 15.5 Å². The van der Waals surface area contributed by atoms with E-state index in [0.29, 0.717) is 32.2 Å². The molecule has 1 aliphatic heterocycles. The predicted octanol–water partition coefficient (Wildman–Crippen LogP) is 0.517. The maximum atomic E-state index is 12.5. The van der Waals surface area contributed by atoms with Gasteiger partial charge in [0.05, 0.1) is 6.54 Å². The van der Waals surface area contributed by atoms with Crippen molar-refractivity contribution in [1.82, 2.24) is 14.7 Å². The van der Waals surface area contributed by atoms with Crippen molar-refractivity contribution in [2.75, 3.05) is 46.3 Å². The minimum absolute atomic E-state index is 0.111. The Bertz CT molecular complexity index is 401. The van der Waals surface area contributed by atoms with Crippen LogP contribution in [0.1, 0.15) is 39.0 Å². The zero-order valence-electron chi connectivity index (χ0n) is 14.7. The molecular formula is C17H32N4O2. The Morgan fingerprint density at radius 3 is 2.30 bits per heavy atom. The topological polar surface area (TPSA) is 69.9 Å². The normalized spacial score (nSPS) is 22.0. The first kappa shape index (κ1) is 18.2. The van der Waals surface area contributed by atoms with Gasteiger partial charge in [-0.1, -0.05) is 26.2 Å². The van der Waals surface area contributed by atoms with Crippen LogP contribution in [0.25, 0.3) is 0 Å². The third kappa shape index (κ3) is 4.91. The molecule has 1 aliphatic carbocycles. The molecule has 1 unspecified atom stereocenters. The van der Waals surface area contributed by atoms with E-state index in [0.717, 1.165) is 25.9 Å². The lowest BCUT2D eigenvalue weighted by Gasteiger charge is -2.37. The predicted molar refractivity (Wildman–Crippen MR) is 90.9 cm³/mol. The van der Waals surface area contributed by atoms with Gasteiger partial charge in [-0.3, -0.25) is 14.5 Å². The van der Waals surface area contributed by atoms with E-state index in [2.05, 4.69) is 4.90 Å². The monoisotopic (exact) mass is 324 g/mol. The first-order valence-corrected chi connectivity index (χ1v) is 8.99. The molecule has 2 aliphatic rings. The second kappa shape index (κ2) is 8.64. The van der Waals surface area contributed by atoms with Crippen molar-refractivity contribution in [2.24, 2.45) is 11.7 Å². The van der Waals surface area contributed by atoms with Crippen molar-refractivity contribution in [3.05, 3.63) is 0 Å². The number of nitrogens with zero attached hydrogens (tertiary/aromatic N) is 3. The number of nitrogens with two attached hydrogens (primary N) is 1. The van der Waals surface area contributed by atoms with Gasteiger partial charge in [-0.25, -0.2) is 0 Å². The molecule has 2 rings (SSSR count). The van der Waals surface area contributed by atoms with E-state index in [-0.39, 0.29) is 17.7 Å². The van der Waals surface area contributed by atoms with E-state index < -0.39 is 0 Å². The molecule has 23 heavy (non-hydrogen) atoms. The Morgan fingerprint density at radius 2 is 1.74 bits per heavy atom. The Labute approximate surface area is 140 Å². The third-order valence-electron chi connectivity index (χ3n) is 5.33. The average Bonchev–Trinajstić information content (AvgIpc) is 2.61. The van der Waals surface area contributed by atoms with Crippen LogP contribution >= 0.6 is 0 Å². The number of hydrogen-bond donors (Lipinski definition) is 1. The van der Waals surface area contributed by atoms with Gasteiger partial charge in [-0.05, 0) is 12.8 Å². The van der Waals surface area contributed by atoms with Crippen LogP contribution in [0.3, 0.4) is 0 Å². The zero-order valence-corrected chi connectivity index (χ0v) is 14.7. The minimum atomic E-state index is -0.111. The first-order chi connectivity index (χ1) is 11.0. The van der Waals surface area contributed by atoms with Crippen LogP contribution in [0.4, 0.5) is 0 Å². The summed E-state index contributed by atoms with van der Waals surface area (Å²) in [6.07, 6.45) is 6.06. The van der Waals surface area contributed by atoms with E-state index in [1.165, 1.54) is 19.3 Å². The number of hydrogen-bond acceptors (Lipinski definition) is 4. The molecule has 1 atom stereocenters. The quantitative estimate of drug-likeness (QED) is 0.800. The molecule has 2 fully saturated rings. The van der Waals surface area contributed by atoms with E-state index >= 15 is 0 Å². The van der Waals surface area contributed by atoms with Crippen LogP contribution < -0.4 is 5.73 Å². The summed E-state index contributed by atoms with van der Waals surface area (Å²) < 4.78 is 0. The first-order valence-electron chi connectivity index (χ1n) is 8.99. The molecule has 2 amide bonds. The van der Waals surface area contributed by atoms with Crippen LogP contribution in [0.15, 0.2) is 0 Å². The molecule has 1 saturated heterocycles. The summed E-state index contributed by atoms with van der Waals surface area (Å²) in [5.74, 6) is 0.241. The molecule has 0 bridgehead atoms. The minimum Gasteiger partial charge on any atom is -0.342 e.